The third-order valence-electron chi connectivity index (χ3n) is 3.34. The van der Waals surface area contributed by atoms with Crippen LogP contribution < -0.4 is 0 Å². The van der Waals surface area contributed by atoms with Crippen molar-refractivity contribution >= 4 is 104 Å². The predicted molar refractivity (Wildman–Crippen MR) is 109 cm³/mol. The number of hydrogen-bond acceptors (Lipinski definition) is 1. The van der Waals surface area contributed by atoms with Crippen molar-refractivity contribution in [2.75, 3.05) is 0 Å². The van der Waals surface area contributed by atoms with Crippen LogP contribution in [0, 0.1) is 0 Å². The first-order valence-electron chi connectivity index (χ1n) is 6.68. The molecule has 0 bridgehead atoms. The SMILES string of the molecule is CCCC(O)c1cccc(C(Cl)(Cl)C(Cl)(Cl)C(Cl)(Cl)C(Cl)(Cl)Cl)c1. The molecule has 0 saturated carbocycles. The molecule has 1 N–H and O–H groups in total. The summed E-state index contributed by atoms with van der Waals surface area (Å²) < 4.78 is -9.00. The highest BCUT2D eigenvalue weighted by atomic mass is 35.6. The van der Waals surface area contributed by atoms with Gasteiger partial charge in [-0.05, 0) is 17.5 Å². The fourth-order valence-electron chi connectivity index (χ4n) is 1.94. The van der Waals surface area contributed by atoms with Crippen LogP contribution in [-0.2, 0) is 4.33 Å². The quantitative estimate of drug-likeness (QED) is 0.382. The molecule has 0 saturated heterocycles. The molecular weight excluding hydrogens is 503 g/mol. The molecule has 1 unspecified atom stereocenters. The molecule has 0 heterocycles. The number of benzene rings is 1. The number of aliphatic hydroxyl groups is 1. The third-order valence-corrected chi connectivity index (χ3v) is 8.82. The highest BCUT2D eigenvalue weighted by Gasteiger charge is 2.68. The van der Waals surface area contributed by atoms with Gasteiger partial charge < -0.3 is 5.11 Å². The molecule has 1 aromatic rings. The molecule has 1 aromatic carbocycles. The van der Waals surface area contributed by atoms with Crippen LogP contribution in [0.25, 0.3) is 0 Å². The summed E-state index contributed by atoms with van der Waals surface area (Å²) in [7, 11) is 0. The lowest BCUT2D eigenvalue weighted by Crippen LogP contribution is -2.54. The minimum Gasteiger partial charge on any atom is -0.388 e. The second-order valence-electron chi connectivity index (χ2n) is 5.15. The molecular formula is C14H13Cl9O. The van der Waals surface area contributed by atoms with Crippen molar-refractivity contribution in [1.82, 2.24) is 0 Å². The van der Waals surface area contributed by atoms with Crippen molar-refractivity contribution in [3.63, 3.8) is 0 Å². The smallest absolute Gasteiger partial charge is 0.226 e. The standard InChI is InChI=1S/C14H13Cl9O/c1-2-4-10(24)8-5-3-6-9(7-8)11(15,16)12(17,18)13(19,20)14(21,22)23/h3,5-7,10,24H,2,4H2,1H3. The van der Waals surface area contributed by atoms with Gasteiger partial charge in [0, 0.05) is 0 Å². The van der Waals surface area contributed by atoms with E-state index in [0.717, 1.165) is 6.42 Å². The van der Waals surface area contributed by atoms with Crippen LogP contribution in [0.3, 0.4) is 0 Å². The van der Waals surface area contributed by atoms with Gasteiger partial charge in [0.2, 0.25) is 8.13 Å². The second-order valence-corrected chi connectivity index (χ2v) is 11.4. The second kappa shape index (κ2) is 8.43. The van der Waals surface area contributed by atoms with E-state index in [0.29, 0.717) is 12.0 Å². The van der Waals surface area contributed by atoms with Crippen LogP contribution in [0.1, 0.15) is 37.0 Å². The topological polar surface area (TPSA) is 20.2 Å². The summed E-state index contributed by atoms with van der Waals surface area (Å²) in [5.41, 5.74) is 0.816. The van der Waals surface area contributed by atoms with Crippen LogP contribution in [0.4, 0.5) is 0 Å². The van der Waals surface area contributed by atoms with Crippen molar-refractivity contribution in [1.29, 1.82) is 0 Å². The molecule has 1 rings (SSSR count). The molecule has 0 aliphatic rings. The minimum atomic E-state index is -2.35. The Labute approximate surface area is 186 Å². The fourth-order valence-corrected chi connectivity index (χ4v) is 4.15. The van der Waals surface area contributed by atoms with Gasteiger partial charge in [-0.2, -0.15) is 0 Å². The summed E-state index contributed by atoms with van der Waals surface area (Å²) in [4.78, 5) is 0. The van der Waals surface area contributed by atoms with Crippen molar-refractivity contribution in [2.24, 2.45) is 0 Å². The lowest BCUT2D eigenvalue weighted by atomic mass is 9.99. The molecule has 1 atom stereocenters. The average Bonchev–Trinajstić information content (AvgIpc) is 2.46. The van der Waals surface area contributed by atoms with Crippen LogP contribution in [0.5, 0.6) is 0 Å². The number of hydrogen-bond donors (Lipinski definition) is 1. The van der Waals surface area contributed by atoms with Crippen LogP contribution in [0.15, 0.2) is 24.3 Å². The summed E-state index contributed by atoms with van der Waals surface area (Å²) in [5.74, 6) is 0. The van der Waals surface area contributed by atoms with E-state index in [2.05, 4.69) is 0 Å². The summed E-state index contributed by atoms with van der Waals surface area (Å²) in [6, 6.07) is 6.43. The van der Waals surface area contributed by atoms with E-state index in [-0.39, 0.29) is 5.56 Å². The van der Waals surface area contributed by atoms with Crippen LogP contribution >= 0.6 is 104 Å². The zero-order chi connectivity index (χ0) is 19.0. The Morgan fingerprint density at radius 2 is 1.46 bits per heavy atom. The Bertz CT molecular complexity index is 566. The van der Waals surface area contributed by atoms with Crippen molar-refractivity contribution in [2.45, 2.75) is 42.7 Å². The van der Waals surface area contributed by atoms with Gasteiger partial charge in [0.25, 0.3) is 0 Å². The summed E-state index contributed by atoms with van der Waals surface area (Å²) in [6.45, 7) is 1.94. The number of aliphatic hydroxyl groups excluding tert-OH is 1. The molecule has 0 fully saturated rings. The highest BCUT2D eigenvalue weighted by molar-refractivity contribution is 6.80. The van der Waals surface area contributed by atoms with Gasteiger partial charge in [-0.25, -0.2) is 0 Å². The maximum atomic E-state index is 10.1. The molecule has 10 heteroatoms. The van der Waals surface area contributed by atoms with E-state index < -0.39 is 22.9 Å². The number of rotatable bonds is 6. The summed E-state index contributed by atoms with van der Waals surface area (Å²) in [6.07, 6.45) is 0.633. The van der Waals surface area contributed by atoms with Gasteiger partial charge in [0.15, 0.2) is 8.67 Å². The third kappa shape index (κ3) is 4.61. The van der Waals surface area contributed by atoms with Crippen LogP contribution in [0.2, 0.25) is 0 Å². The Morgan fingerprint density at radius 3 is 1.92 bits per heavy atom. The molecule has 138 valence electrons. The Hall–Kier alpha value is 1.79. The first kappa shape index (κ1) is 23.8. The van der Waals surface area contributed by atoms with Gasteiger partial charge in [-0.1, -0.05) is 142 Å². The van der Waals surface area contributed by atoms with E-state index in [4.69, 9.17) is 104 Å². The summed E-state index contributed by atoms with van der Waals surface area (Å²) in [5, 5.41) is 10.1. The monoisotopic (exact) mass is 512 g/mol. The van der Waals surface area contributed by atoms with Gasteiger partial charge in [0.05, 0.1) is 6.10 Å². The molecule has 1 nitrogen and oxygen atoms in total. The van der Waals surface area contributed by atoms with E-state index in [9.17, 15) is 5.11 Å². The Morgan fingerprint density at radius 1 is 0.917 bits per heavy atom. The van der Waals surface area contributed by atoms with E-state index in [1.807, 2.05) is 6.92 Å². The highest BCUT2D eigenvalue weighted by Crippen LogP contribution is 2.65. The molecule has 0 radical (unpaired) electrons. The van der Waals surface area contributed by atoms with E-state index >= 15 is 0 Å². The molecule has 24 heavy (non-hydrogen) atoms. The zero-order valence-electron chi connectivity index (χ0n) is 12.1. The number of halogens is 9. The molecule has 0 aliphatic carbocycles. The largest absolute Gasteiger partial charge is 0.388 e. The fraction of sp³-hybridized carbons (Fsp3) is 0.571. The lowest BCUT2D eigenvalue weighted by Gasteiger charge is -2.44. The van der Waals surface area contributed by atoms with E-state index in [1.165, 1.54) is 0 Å². The van der Waals surface area contributed by atoms with Crippen molar-refractivity contribution in [3.05, 3.63) is 35.4 Å². The summed E-state index contributed by atoms with van der Waals surface area (Å²) >= 11 is 54.7. The minimum absolute atomic E-state index is 0.239. The maximum absolute atomic E-state index is 10.1. The Kier molecular flexibility index (Phi) is 8.37. The predicted octanol–water partition coefficient (Wildman–Crippen LogP) is 7.87. The molecule has 0 amide bonds. The van der Waals surface area contributed by atoms with Crippen molar-refractivity contribution in [3.8, 4) is 0 Å². The Balaban J connectivity index is 3.36. The zero-order valence-corrected chi connectivity index (χ0v) is 19.0. The molecule has 0 aliphatic heterocycles. The molecule has 0 aromatic heterocycles. The van der Waals surface area contributed by atoms with Crippen molar-refractivity contribution < 1.29 is 5.11 Å². The molecule has 0 spiro atoms. The van der Waals surface area contributed by atoms with Crippen LogP contribution in [-0.4, -0.2) is 17.6 Å². The van der Waals surface area contributed by atoms with Gasteiger partial charge in [0.1, 0.15) is 0 Å². The van der Waals surface area contributed by atoms with Gasteiger partial charge in [-0.3, -0.25) is 0 Å². The first-order valence-corrected chi connectivity index (χ1v) is 10.1. The van der Waals surface area contributed by atoms with Gasteiger partial charge in [-0.15, -0.1) is 0 Å². The average molecular weight is 516 g/mol. The normalized spacial score (nSPS) is 15.5. The van der Waals surface area contributed by atoms with Gasteiger partial charge >= 0.3 is 0 Å². The maximum Gasteiger partial charge on any atom is 0.226 e. The lowest BCUT2D eigenvalue weighted by molar-refractivity contribution is 0.166. The van der Waals surface area contributed by atoms with E-state index in [1.54, 1.807) is 24.3 Å². The first-order chi connectivity index (χ1) is 10.7. The number of alkyl halides is 9.